The summed E-state index contributed by atoms with van der Waals surface area (Å²) in [6, 6.07) is 18.4. The number of imidazole rings is 1. The van der Waals surface area contributed by atoms with Gasteiger partial charge in [-0.3, -0.25) is 19.1 Å². The van der Waals surface area contributed by atoms with Crippen LogP contribution in [0.4, 0.5) is 0 Å². The van der Waals surface area contributed by atoms with Crippen LogP contribution in [0.2, 0.25) is 0 Å². The SMILES string of the molecule is CCCc1nc2ccccc2n1-c1ccc2c(c1)OCc1nc(C)ccc1/C2=C(\C)c1noc(=O)[nH]1. The third kappa shape index (κ3) is 3.62. The average Bonchev–Trinajstić information content (AvgIpc) is 3.43. The third-order valence-electron chi connectivity index (χ3n) is 6.51. The van der Waals surface area contributed by atoms with E-state index in [-0.39, 0.29) is 0 Å². The standard InChI is InChI=1S/C28H25N5O3/c1-4-7-25-30-21-8-5-6-9-23(21)33(25)18-11-13-20-24(14-18)35-15-22-19(12-10-16(2)29-22)26(20)17(3)27-31-28(34)36-32-27/h5-6,8-14H,4,7,15H2,1-3H3,(H,31,32,34)/b26-17-. The van der Waals surface area contributed by atoms with Crippen molar-refractivity contribution in [3.63, 3.8) is 0 Å². The lowest BCUT2D eigenvalue weighted by atomic mass is 9.92. The van der Waals surface area contributed by atoms with Crippen LogP contribution in [0, 0.1) is 6.92 Å². The number of benzene rings is 2. The molecule has 0 spiro atoms. The zero-order chi connectivity index (χ0) is 24.8. The smallest absolute Gasteiger partial charge is 0.439 e. The molecule has 0 amide bonds. The Kier molecular flexibility index (Phi) is 5.29. The van der Waals surface area contributed by atoms with Crippen LogP contribution in [0.3, 0.4) is 0 Å². The van der Waals surface area contributed by atoms with E-state index in [0.29, 0.717) is 12.4 Å². The molecule has 6 rings (SSSR count). The number of nitrogens with zero attached hydrogens (tertiary/aromatic N) is 4. The highest BCUT2D eigenvalue weighted by Crippen LogP contribution is 2.41. The second kappa shape index (κ2) is 8.64. The van der Waals surface area contributed by atoms with E-state index in [4.69, 9.17) is 19.2 Å². The van der Waals surface area contributed by atoms with E-state index < -0.39 is 5.76 Å². The minimum absolute atomic E-state index is 0.325. The maximum Gasteiger partial charge on any atom is 0.439 e. The number of rotatable bonds is 4. The lowest BCUT2D eigenvalue weighted by Gasteiger charge is -2.16. The van der Waals surface area contributed by atoms with Gasteiger partial charge in [0, 0.05) is 40.5 Å². The number of aryl methyl sites for hydroxylation is 2. The molecule has 0 fully saturated rings. The molecule has 0 bridgehead atoms. The lowest BCUT2D eigenvalue weighted by Crippen LogP contribution is -2.03. The number of aromatic amines is 1. The zero-order valence-electron chi connectivity index (χ0n) is 20.3. The number of ether oxygens (including phenoxy) is 1. The highest BCUT2D eigenvalue weighted by molar-refractivity contribution is 5.99. The van der Waals surface area contributed by atoms with E-state index >= 15 is 0 Å². The van der Waals surface area contributed by atoms with E-state index in [9.17, 15) is 4.79 Å². The molecular formula is C28H25N5O3. The Morgan fingerprint density at radius 1 is 1.08 bits per heavy atom. The molecule has 0 saturated heterocycles. The molecule has 1 aliphatic heterocycles. The van der Waals surface area contributed by atoms with Crippen molar-refractivity contribution in [2.75, 3.05) is 0 Å². The molecule has 5 aromatic rings. The molecule has 36 heavy (non-hydrogen) atoms. The highest BCUT2D eigenvalue weighted by Gasteiger charge is 2.25. The predicted molar refractivity (Wildman–Crippen MR) is 137 cm³/mol. The number of fused-ring (bicyclic) bond motifs is 3. The summed E-state index contributed by atoms with van der Waals surface area (Å²) in [5, 5.41) is 3.93. The summed E-state index contributed by atoms with van der Waals surface area (Å²) < 4.78 is 13.4. The van der Waals surface area contributed by atoms with E-state index in [1.165, 1.54) is 0 Å². The molecular weight excluding hydrogens is 454 g/mol. The van der Waals surface area contributed by atoms with Gasteiger partial charge >= 0.3 is 5.76 Å². The zero-order valence-corrected chi connectivity index (χ0v) is 20.3. The Hall–Kier alpha value is -4.46. The molecule has 8 nitrogen and oxygen atoms in total. The van der Waals surface area contributed by atoms with Gasteiger partial charge in [-0.25, -0.2) is 9.78 Å². The van der Waals surface area contributed by atoms with Crippen molar-refractivity contribution in [3.05, 3.63) is 99.3 Å². The number of para-hydroxylation sites is 2. The summed E-state index contributed by atoms with van der Waals surface area (Å²) in [7, 11) is 0. The van der Waals surface area contributed by atoms with Crippen LogP contribution in [0.25, 0.3) is 27.9 Å². The first-order valence-corrected chi connectivity index (χ1v) is 12.0. The fourth-order valence-corrected chi connectivity index (χ4v) is 4.88. The van der Waals surface area contributed by atoms with E-state index in [1.54, 1.807) is 0 Å². The number of hydrogen-bond acceptors (Lipinski definition) is 6. The fourth-order valence-electron chi connectivity index (χ4n) is 4.88. The quantitative estimate of drug-likeness (QED) is 0.379. The molecule has 0 unspecified atom stereocenters. The summed E-state index contributed by atoms with van der Waals surface area (Å²) in [5.74, 6) is 1.52. The Morgan fingerprint density at radius 3 is 2.72 bits per heavy atom. The van der Waals surface area contributed by atoms with Crippen LogP contribution in [0.1, 0.15) is 54.4 Å². The summed E-state index contributed by atoms with van der Waals surface area (Å²) >= 11 is 0. The van der Waals surface area contributed by atoms with Gasteiger partial charge in [0.05, 0.1) is 22.4 Å². The van der Waals surface area contributed by atoms with Gasteiger partial charge in [0.25, 0.3) is 0 Å². The van der Waals surface area contributed by atoms with Gasteiger partial charge in [0.15, 0.2) is 5.82 Å². The first-order chi connectivity index (χ1) is 17.5. The van der Waals surface area contributed by atoms with Crippen molar-refractivity contribution < 1.29 is 9.26 Å². The summed E-state index contributed by atoms with van der Waals surface area (Å²) in [6.07, 6.45) is 1.86. The van der Waals surface area contributed by atoms with Crippen LogP contribution in [0.15, 0.2) is 63.9 Å². The summed E-state index contributed by atoms with van der Waals surface area (Å²) in [4.78, 5) is 24.0. The van der Waals surface area contributed by atoms with E-state index in [0.717, 1.165) is 74.8 Å². The number of aromatic nitrogens is 5. The molecule has 0 saturated carbocycles. The Balaban J connectivity index is 1.58. The average molecular weight is 480 g/mol. The predicted octanol–water partition coefficient (Wildman–Crippen LogP) is 5.23. The van der Waals surface area contributed by atoms with Crippen LogP contribution < -0.4 is 10.5 Å². The topological polar surface area (TPSA) is 98.8 Å². The van der Waals surface area contributed by atoms with Gasteiger partial charge < -0.3 is 4.74 Å². The molecule has 4 heterocycles. The van der Waals surface area contributed by atoms with E-state index in [1.807, 2.05) is 44.2 Å². The molecule has 0 aliphatic carbocycles. The number of allylic oxidation sites excluding steroid dienone is 1. The lowest BCUT2D eigenvalue weighted by molar-refractivity contribution is 0.302. The number of nitrogens with one attached hydrogen (secondary N) is 1. The van der Waals surface area contributed by atoms with Gasteiger partial charge in [-0.2, -0.15) is 0 Å². The van der Waals surface area contributed by atoms with Crippen molar-refractivity contribution in [3.8, 4) is 11.4 Å². The van der Waals surface area contributed by atoms with Gasteiger partial charge in [-0.1, -0.05) is 30.3 Å². The Bertz CT molecular complexity index is 1710. The maximum absolute atomic E-state index is 11.7. The van der Waals surface area contributed by atoms with Gasteiger partial charge in [0.1, 0.15) is 18.2 Å². The van der Waals surface area contributed by atoms with Gasteiger partial charge in [-0.05, 0) is 50.6 Å². The Morgan fingerprint density at radius 2 is 1.92 bits per heavy atom. The molecule has 8 heteroatoms. The minimum atomic E-state index is -0.594. The molecule has 0 radical (unpaired) electrons. The molecule has 1 aliphatic rings. The number of H-pyrrole nitrogens is 1. The molecule has 1 N–H and O–H groups in total. The summed E-state index contributed by atoms with van der Waals surface area (Å²) in [6.45, 7) is 6.36. The maximum atomic E-state index is 11.7. The van der Waals surface area contributed by atoms with E-state index in [2.05, 4.69) is 45.9 Å². The second-order valence-corrected chi connectivity index (χ2v) is 8.96. The minimum Gasteiger partial charge on any atom is -0.487 e. The first-order valence-electron chi connectivity index (χ1n) is 12.0. The summed E-state index contributed by atoms with van der Waals surface area (Å²) in [5.41, 5.74) is 8.24. The van der Waals surface area contributed by atoms with Crippen molar-refractivity contribution >= 4 is 22.2 Å². The van der Waals surface area contributed by atoms with Crippen molar-refractivity contribution in [1.82, 2.24) is 24.7 Å². The normalized spacial score (nSPS) is 14.2. The number of hydrogen-bond donors (Lipinski definition) is 1. The van der Waals surface area contributed by atoms with Crippen LogP contribution in [-0.4, -0.2) is 24.7 Å². The van der Waals surface area contributed by atoms with Gasteiger partial charge in [0.2, 0.25) is 0 Å². The molecule has 180 valence electrons. The van der Waals surface area contributed by atoms with Crippen molar-refractivity contribution in [2.45, 2.75) is 40.2 Å². The van der Waals surface area contributed by atoms with Crippen molar-refractivity contribution in [2.24, 2.45) is 0 Å². The van der Waals surface area contributed by atoms with Crippen LogP contribution >= 0.6 is 0 Å². The van der Waals surface area contributed by atoms with Crippen molar-refractivity contribution in [1.29, 1.82) is 0 Å². The number of pyridine rings is 1. The first kappa shape index (κ1) is 22.0. The van der Waals surface area contributed by atoms with Gasteiger partial charge in [-0.15, -0.1) is 0 Å². The molecule has 3 aromatic heterocycles. The largest absolute Gasteiger partial charge is 0.487 e. The second-order valence-electron chi connectivity index (χ2n) is 8.96. The third-order valence-corrected chi connectivity index (χ3v) is 6.51. The van der Waals surface area contributed by atoms with Crippen LogP contribution in [0.5, 0.6) is 5.75 Å². The Labute approximate surface area is 207 Å². The van der Waals surface area contributed by atoms with Crippen LogP contribution in [-0.2, 0) is 13.0 Å². The molecule has 2 aromatic carbocycles. The monoisotopic (exact) mass is 479 g/mol. The molecule has 0 atom stereocenters. The fraction of sp³-hybridized carbons (Fsp3) is 0.214. The highest BCUT2D eigenvalue weighted by atomic mass is 16.5.